The van der Waals surface area contributed by atoms with Gasteiger partial charge in [-0.2, -0.15) is 4.98 Å². The topological polar surface area (TPSA) is 90.7 Å². The Hall–Kier alpha value is -1.53. The molecule has 0 aromatic carbocycles. The van der Waals surface area contributed by atoms with E-state index in [0.29, 0.717) is 17.4 Å². The Morgan fingerprint density at radius 3 is 2.63 bits per heavy atom. The second-order valence-corrected chi connectivity index (χ2v) is 4.73. The molecule has 0 amide bonds. The summed E-state index contributed by atoms with van der Waals surface area (Å²) in [4.78, 5) is 12.5. The summed E-state index contributed by atoms with van der Waals surface area (Å²) < 4.78 is 5.31. The molecule has 1 fully saturated rings. The van der Waals surface area contributed by atoms with Gasteiger partial charge in [0.05, 0.1) is 11.7 Å². The molecule has 1 aliphatic rings. The number of nitrogens with zero attached hydrogens (tertiary/aromatic N) is 4. The van der Waals surface area contributed by atoms with Gasteiger partial charge in [0.2, 0.25) is 11.7 Å². The monoisotopic (exact) mass is 281 g/mol. The molecular weight excluding hydrogens is 266 g/mol. The maximum atomic E-state index is 6.34. The Bertz CT molecular complexity index is 524. The quantitative estimate of drug-likeness (QED) is 0.906. The van der Waals surface area contributed by atoms with E-state index in [-0.39, 0.29) is 12.4 Å². The molecule has 19 heavy (non-hydrogen) atoms. The van der Waals surface area contributed by atoms with Gasteiger partial charge in [-0.1, -0.05) is 24.4 Å². The zero-order valence-corrected chi connectivity index (χ0v) is 11.3. The van der Waals surface area contributed by atoms with Gasteiger partial charge in [0, 0.05) is 12.4 Å². The van der Waals surface area contributed by atoms with Gasteiger partial charge in [-0.05, 0) is 12.8 Å². The molecule has 6 nitrogen and oxygen atoms in total. The van der Waals surface area contributed by atoms with Crippen LogP contribution in [0.3, 0.4) is 0 Å². The molecule has 2 N–H and O–H groups in total. The van der Waals surface area contributed by atoms with E-state index in [9.17, 15) is 0 Å². The van der Waals surface area contributed by atoms with Crippen LogP contribution in [-0.2, 0) is 5.54 Å². The third-order valence-electron chi connectivity index (χ3n) is 3.39. The Morgan fingerprint density at radius 1 is 1.16 bits per heavy atom. The highest BCUT2D eigenvalue weighted by atomic mass is 35.5. The van der Waals surface area contributed by atoms with Gasteiger partial charge in [-0.15, -0.1) is 12.4 Å². The van der Waals surface area contributed by atoms with Crippen LogP contribution in [0, 0.1) is 0 Å². The molecule has 7 heteroatoms. The lowest BCUT2D eigenvalue weighted by Crippen LogP contribution is -2.38. The SMILES string of the molecule is Cl.NC1(c2nc(-c3cnccn3)no2)CCCCC1. The summed E-state index contributed by atoms with van der Waals surface area (Å²) in [5.74, 6) is 0.969. The van der Waals surface area contributed by atoms with Crippen LogP contribution in [0.2, 0.25) is 0 Å². The first-order valence-electron chi connectivity index (χ1n) is 6.17. The van der Waals surface area contributed by atoms with Crippen molar-refractivity contribution in [1.29, 1.82) is 0 Å². The fraction of sp³-hybridized carbons (Fsp3) is 0.500. The Kier molecular flexibility index (Phi) is 4.11. The molecular formula is C12H16ClN5O. The first-order chi connectivity index (χ1) is 8.78. The van der Waals surface area contributed by atoms with Crippen molar-refractivity contribution in [2.24, 2.45) is 5.73 Å². The maximum absolute atomic E-state index is 6.34. The first kappa shape index (κ1) is 13.9. The van der Waals surface area contributed by atoms with Crippen LogP contribution in [0.5, 0.6) is 0 Å². The summed E-state index contributed by atoms with van der Waals surface area (Å²) in [6.45, 7) is 0. The van der Waals surface area contributed by atoms with Crippen molar-refractivity contribution in [3.05, 3.63) is 24.5 Å². The zero-order valence-electron chi connectivity index (χ0n) is 10.5. The molecule has 0 saturated heterocycles. The third kappa shape index (κ3) is 2.74. The summed E-state index contributed by atoms with van der Waals surface area (Å²) in [6.07, 6.45) is 10.1. The average molecular weight is 282 g/mol. The van der Waals surface area contributed by atoms with Gasteiger partial charge in [0.1, 0.15) is 5.69 Å². The predicted octanol–water partition coefficient (Wildman–Crippen LogP) is 2.07. The van der Waals surface area contributed by atoms with Crippen LogP contribution in [0.1, 0.15) is 38.0 Å². The van der Waals surface area contributed by atoms with Gasteiger partial charge in [-0.3, -0.25) is 4.98 Å². The number of halogens is 1. The van der Waals surface area contributed by atoms with Crippen molar-refractivity contribution in [3.63, 3.8) is 0 Å². The lowest BCUT2D eigenvalue weighted by Gasteiger charge is -2.29. The maximum Gasteiger partial charge on any atom is 0.247 e. The minimum Gasteiger partial charge on any atom is -0.337 e. The molecule has 102 valence electrons. The normalized spacial score (nSPS) is 17.7. The minimum atomic E-state index is -0.467. The molecule has 1 saturated carbocycles. The summed E-state index contributed by atoms with van der Waals surface area (Å²) in [7, 11) is 0. The number of aromatic nitrogens is 4. The first-order valence-corrected chi connectivity index (χ1v) is 6.17. The minimum absolute atomic E-state index is 0. The van der Waals surface area contributed by atoms with Crippen molar-refractivity contribution in [2.75, 3.05) is 0 Å². The van der Waals surface area contributed by atoms with Crippen LogP contribution in [0.4, 0.5) is 0 Å². The fourth-order valence-electron chi connectivity index (χ4n) is 2.34. The highest BCUT2D eigenvalue weighted by molar-refractivity contribution is 5.85. The molecule has 1 aliphatic carbocycles. The van der Waals surface area contributed by atoms with E-state index in [2.05, 4.69) is 20.1 Å². The lowest BCUT2D eigenvalue weighted by atomic mass is 9.82. The molecule has 0 spiro atoms. The van der Waals surface area contributed by atoms with E-state index in [4.69, 9.17) is 10.3 Å². The standard InChI is InChI=1S/C12H15N5O.ClH/c13-12(4-2-1-3-5-12)11-16-10(17-18-11)9-8-14-6-7-15-9;/h6-8H,1-5,13H2;1H. The fourth-order valence-corrected chi connectivity index (χ4v) is 2.34. The Morgan fingerprint density at radius 2 is 1.95 bits per heavy atom. The van der Waals surface area contributed by atoms with Crippen molar-refractivity contribution < 1.29 is 4.52 Å². The number of rotatable bonds is 2. The van der Waals surface area contributed by atoms with Crippen molar-refractivity contribution in [1.82, 2.24) is 20.1 Å². The van der Waals surface area contributed by atoms with Crippen LogP contribution < -0.4 is 5.73 Å². The average Bonchev–Trinajstić information content (AvgIpc) is 2.91. The summed E-state index contributed by atoms with van der Waals surface area (Å²) in [6, 6.07) is 0. The molecule has 3 rings (SSSR count). The second-order valence-electron chi connectivity index (χ2n) is 4.73. The van der Waals surface area contributed by atoms with E-state index in [1.54, 1.807) is 18.6 Å². The predicted molar refractivity (Wildman–Crippen MR) is 71.5 cm³/mol. The summed E-state index contributed by atoms with van der Waals surface area (Å²) in [5, 5.41) is 3.94. The van der Waals surface area contributed by atoms with Gasteiger partial charge >= 0.3 is 0 Å². The summed E-state index contributed by atoms with van der Waals surface area (Å²) >= 11 is 0. The van der Waals surface area contributed by atoms with Gasteiger partial charge in [-0.25, -0.2) is 4.98 Å². The van der Waals surface area contributed by atoms with Crippen molar-refractivity contribution in [2.45, 2.75) is 37.6 Å². The van der Waals surface area contributed by atoms with Gasteiger partial charge in [0.15, 0.2) is 0 Å². The summed E-state index contributed by atoms with van der Waals surface area (Å²) in [5.41, 5.74) is 6.48. The largest absolute Gasteiger partial charge is 0.337 e. The lowest BCUT2D eigenvalue weighted by molar-refractivity contribution is 0.220. The van der Waals surface area contributed by atoms with E-state index in [0.717, 1.165) is 25.7 Å². The molecule has 0 aliphatic heterocycles. The zero-order chi connectivity index (χ0) is 12.4. The van der Waals surface area contributed by atoms with Crippen LogP contribution in [0.25, 0.3) is 11.5 Å². The molecule has 0 bridgehead atoms. The van der Waals surface area contributed by atoms with Crippen LogP contribution >= 0.6 is 12.4 Å². The van der Waals surface area contributed by atoms with Crippen LogP contribution in [-0.4, -0.2) is 20.1 Å². The van der Waals surface area contributed by atoms with E-state index >= 15 is 0 Å². The molecule has 0 unspecified atom stereocenters. The van der Waals surface area contributed by atoms with Crippen LogP contribution in [0.15, 0.2) is 23.1 Å². The van der Waals surface area contributed by atoms with E-state index < -0.39 is 5.54 Å². The third-order valence-corrected chi connectivity index (χ3v) is 3.39. The molecule has 0 atom stereocenters. The molecule has 2 heterocycles. The highest BCUT2D eigenvalue weighted by Gasteiger charge is 2.35. The van der Waals surface area contributed by atoms with E-state index in [1.165, 1.54) is 6.42 Å². The van der Waals surface area contributed by atoms with Crippen molar-refractivity contribution in [3.8, 4) is 11.5 Å². The highest BCUT2D eigenvalue weighted by Crippen LogP contribution is 2.34. The van der Waals surface area contributed by atoms with E-state index in [1.807, 2.05) is 0 Å². The van der Waals surface area contributed by atoms with Gasteiger partial charge < -0.3 is 10.3 Å². The van der Waals surface area contributed by atoms with Crippen molar-refractivity contribution >= 4 is 12.4 Å². The molecule has 0 radical (unpaired) electrons. The number of hydrogen-bond donors (Lipinski definition) is 1. The Labute approximate surface area is 117 Å². The Balaban J connectivity index is 0.00000133. The smallest absolute Gasteiger partial charge is 0.247 e. The molecule has 2 aromatic heterocycles. The second kappa shape index (κ2) is 5.63. The number of nitrogens with two attached hydrogens (primary N) is 1. The molecule has 2 aromatic rings. The number of hydrogen-bond acceptors (Lipinski definition) is 6. The van der Waals surface area contributed by atoms with Gasteiger partial charge in [0.25, 0.3) is 0 Å².